The number of para-hydroxylation sites is 1. The molecule has 0 fully saturated rings. The molecular weight excluding hydrogens is 386 g/mol. The van der Waals surface area contributed by atoms with Crippen LogP contribution in [0.25, 0.3) is 11.4 Å². The molecule has 1 aromatic heterocycles. The smallest absolute Gasteiger partial charge is 0.308 e. The van der Waals surface area contributed by atoms with Gasteiger partial charge in [-0.3, -0.25) is 9.59 Å². The number of amides is 1. The highest BCUT2D eigenvalue weighted by Crippen LogP contribution is 2.18. The molecule has 0 atom stereocenters. The summed E-state index contributed by atoms with van der Waals surface area (Å²) in [5, 5.41) is 6.58. The molecule has 1 N–H and O–H groups in total. The molecule has 0 bridgehead atoms. The highest BCUT2D eigenvalue weighted by atomic mass is 16.6. The van der Waals surface area contributed by atoms with E-state index in [-0.39, 0.29) is 31.4 Å². The first-order valence-electron chi connectivity index (χ1n) is 9.59. The SMILES string of the molecule is CCc1ccc(-c2noc(COC(=O)CCNC(=O)c3ccccc3OC)n2)cc1. The lowest BCUT2D eigenvalue weighted by Crippen LogP contribution is -2.26. The van der Waals surface area contributed by atoms with Crippen LogP contribution in [0.1, 0.15) is 35.2 Å². The fraction of sp³-hybridized carbons (Fsp3) is 0.273. The largest absolute Gasteiger partial charge is 0.496 e. The minimum absolute atomic E-state index is 0.0142. The topological polar surface area (TPSA) is 104 Å². The minimum atomic E-state index is -0.484. The van der Waals surface area contributed by atoms with Crippen LogP contribution in [0, 0.1) is 0 Å². The van der Waals surface area contributed by atoms with Gasteiger partial charge in [-0.1, -0.05) is 48.5 Å². The maximum Gasteiger partial charge on any atom is 0.308 e. The standard InChI is InChI=1S/C22H23N3O5/c1-3-15-8-10-16(11-9-15)21-24-19(30-25-21)14-29-20(26)12-13-23-22(27)17-6-4-5-7-18(17)28-2/h4-11H,3,12-14H2,1-2H3,(H,23,27). The third-order valence-corrected chi connectivity index (χ3v) is 4.41. The summed E-state index contributed by atoms with van der Waals surface area (Å²) in [6.45, 7) is 2.09. The van der Waals surface area contributed by atoms with E-state index < -0.39 is 5.97 Å². The number of esters is 1. The molecule has 0 saturated carbocycles. The van der Waals surface area contributed by atoms with E-state index >= 15 is 0 Å². The molecular formula is C22H23N3O5. The summed E-state index contributed by atoms with van der Waals surface area (Å²) >= 11 is 0. The average Bonchev–Trinajstić information content (AvgIpc) is 3.26. The Labute approximate surface area is 174 Å². The van der Waals surface area contributed by atoms with Gasteiger partial charge in [0.05, 0.1) is 19.1 Å². The number of carbonyl (C=O) groups is 2. The molecule has 0 aliphatic carbocycles. The Bertz CT molecular complexity index is 998. The Morgan fingerprint density at radius 3 is 2.60 bits per heavy atom. The van der Waals surface area contributed by atoms with Crippen LogP contribution < -0.4 is 10.1 Å². The molecule has 0 unspecified atom stereocenters. The highest BCUT2D eigenvalue weighted by Gasteiger charge is 2.13. The second kappa shape index (κ2) is 10.2. The number of ether oxygens (including phenoxy) is 2. The lowest BCUT2D eigenvalue weighted by molar-refractivity contribution is -0.145. The second-order valence-electron chi connectivity index (χ2n) is 6.43. The Kier molecular flexibility index (Phi) is 7.15. The van der Waals surface area contributed by atoms with Crippen molar-refractivity contribution >= 4 is 11.9 Å². The number of aromatic nitrogens is 2. The van der Waals surface area contributed by atoms with Gasteiger partial charge in [0, 0.05) is 12.1 Å². The van der Waals surface area contributed by atoms with Crippen LogP contribution in [0.2, 0.25) is 0 Å². The number of carbonyl (C=O) groups excluding carboxylic acids is 2. The lowest BCUT2D eigenvalue weighted by atomic mass is 10.1. The van der Waals surface area contributed by atoms with E-state index in [1.54, 1.807) is 24.3 Å². The Morgan fingerprint density at radius 1 is 1.10 bits per heavy atom. The molecule has 8 heteroatoms. The molecule has 0 radical (unpaired) electrons. The van der Waals surface area contributed by atoms with Crippen molar-refractivity contribution in [1.29, 1.82) is 0 Å². The van der Waals surface area contributed by atoms with Gasteiger partial charge in [0.2, 0.25) is 5.82 Å². The zero-order valence-electron chi connectivity index (χ0n) is 16.9. The molecule has 3 rings (SSSR count). The van der Waals surface area contributed by atoms with Gasteiger partial charge in [0.1, 0.15) is 5.75 Å². The maximum absolute atomic E-state index is 12.2. The first-order chi connectivity index (χ1) is 14.6. The minimum Gasteiger partial charge on any atom is -0.496 e. The zero-order valence-corrected chi connectivity index (χ0v) is 16.9. The molecule has 156 valence electrons. The quantitative estimate of drug-likeness (QED) is 0.541. The van der Waals surface area contributed by atoms with E-state index in [9.17, 15) is 9.59 Å². The van der Waals surface area contributed by atoms with Gasteiger partial charge in [-0.15, -0.1) is 0 Å². The van der Waals surface area contributed by atoms with E-state index in [2.05, 4.69) is 22.4 Å². The van der Waals surface area contributed by atoms with Gasteiger partial charge in [0.15, 0.2) is 6.61 Å². The first-order valence-corrected chi connectivity index (χ1v) is 9.59. The molecule has 30 heavy (non-hydrogen) atoms. The third kappa shape index (κ3) is 5.44. The van der Waals surface area contributed by atoms with Crippen LogP contribution in [-0.4, -0.2) is 35.7 Å². The van der Waals surface area contributed by atoms with E-state index in [0.717, 1.165) is 12.0 Å². The maximum atomic E-state index is 12.2. The number of hydrogen-bond acceptors (Lipinski definition) is 7. The van der Waals surface area contributed by atoms with Gasteiger partial charge in [-0.05, 0) is 24.1 Å². The van der Waals surface area contributed by atoms with Crippen molar-refractivity contribution in [2.45, 2.75) is 26.4 Å². The van der Waals surface area contributed by atoms with Crippen LogP contribution in [0.5, 0.6) is 5.75 Å². The van der Waals surface area contributed by atoms with Crippen molar-refractivity contribution in [2.75, 3.05) is 13.7 Å². The monoisotopic (exact) mass is 409 g/mol. The molecule has 3 aromatic rings. The van der Waals surface area contributed by atoms with Crippen LogP contribution in [-0.2, 0) is 22.6 Å². The van der Waals surface area contributed by atoms with Crippen LogP contribution in [0.15, 0.2) is 53.1 Å². The Balaban J connectivity index is 1.43. The van der Waals surface area contributed by atoms with Crippen molar-refractivity contribution in [3.8, 4) is 17.1 Å². The summed E-state index contributed by atoms with van der Waals surface area (Å²) in [5.41, 5.74) is 2.44. The number of rotatable bonds is 9. The summed E-state index contributed by atoms with van der Waals surface area (Å²) < 4.78 is 15.4. The molecule has 0 aliphatic rings. The molecule has 1 heterocycles. The van der Waals surface area contributed by atoms with E-state index in [4.69, 9.17) is 14.0 Å². The number of aryl methyl sites for hydroxylation is 1. The van der Waals surface area contributed by atoms with E-state index in [1.807, 2.05) is 24.3 Å². The zero-order chi connectivity index (χ0) is 21.3. The first kappa shape index (κ1) is 21.0. The van der Waals surface area contributed by atoms with Gasteiger partial charge < -0.3 is 19.3 Å². The summed E-state index contributed by atoms with van der Waals surface area (Å²) in [6.07, 6.45) is 0.966. The van der Waals surface area contributed by atoms with Gasteiger partial charge in [-0.25, -0.2) is 0 Å². The van der Waals surface area contributed by atoms with Crippen LogP contribution >= 0.6 is 0 Å². The molecule has 0 spiro atoms. The van der Waals surface area contributed by atoms with Crippen molar-refractivity contribution in [2.24, 2.45) is 0 Å². The number of hydrogen-bond donors (Lipinski definition) is 1. The van der Waals surface area contributed by atoms with Crippen molar-refractivity contribution in [3.05, 3.63) is 65.5 Å². The molecule has 8 nitrogen and oxygen atoms in total. The predicted octanol–water partition coefficient (Wildman–Crippen LogP) is 3.17. The van der Waals surface area contributed by atoms with Gasteiger partial charge in [-0.2, -0.15) is 4.98 Å². The Hall–Kier alpha value is -3.68. The molecule has 1 amide bonds. The number of nitrogens with zero attached hydrogens (tertiary/aromatic N) is 2. The third-order valence-electron chi connectivity index (χ3n) is 4.41. The second-order valence-corrected chi connectivity index (χ2v) is 6.43. The predicted molar refractivity (Wildman–Crippen MR) is 109 cm³/mol. The Morgan fingerprint density at radius 2 is 1.87 bits per heavy atom. The van der Waals surface area contributed by atoms with Gasteiger partial charge >= 0.3 is 5.97 Å². The number of benzene rings is 2. The lowest BCUT2D eigenvalue weighted by Gasteiger charge is -2.08. The van der Waals surface area contributed by atoms with Crippen LogP contribution in [0.4, 0.5) is 0 Å². The van der Waals surface area contributed by atoms with Gasteiger partial charge in [0.25, 0.3) is 11.8 Å². The highest BCUT2D eigenvalue weighted by molar-refractivity contribution is 5.97. The fourth-order valence-corrected chi connectivity index (χ4v) is 2.74. The number of nitrogens with one attached hydrogen (secondary N) is 1. The van der Waals surface area contributed by atoms with Crippen molar-refractivity contribution in [1.82, 2.24) is 15.5 Å². The summed E-state index contributed by atoms with van der Waals surface area (Å²) in [4.78, 5) is 28.3. The summed E-state index contributed by atoms with van der Waals surface area (Å²) in [7, 11) is 1.49. The summed E-state index contributed by atoms with van der Waals surface area (Å²) in [5.74, 6) is 0.302. The van der Waals surface area contributed by atoms with Crippen molar-refractivity contribution < 1.29 is 23.6 Å². The van der Waals surface area contributed by atoms with E-state index in [0.29, 0.717) is 17.1 Å². The fourth-order valence-electron chi connectivity index (χ4n) is 2.74. The number of methoxy groups -OCH3 is 1. The molecule has 0 saturated heterocycles. The summed E-state index contributed by atoms with van der Waals surface area (Å²) in [6, 6.07) is 14.7. The van der Waals surface area contributed by atoms with Crippen LogP contribution in [0.3, 0.4) is 0 Å². The molecule has 0 aliphatic heterocycles. The molecule has 2 aromatic carbocycles. The van der Waals surface area contributed by atoms with E-state index in [1.165, 1.54) is 12.7 Å². The average molecular weight is 409 g/mol. The van der Waals surface area contributed by atoms with Crippen molar-refractivity contribution in [3.63, 3.8) is 0 Å². The normalized spacial score (nSPS) is 10.5.